The van der Waals surface area contributed by atoms with Gasteiger partial charge in [-0.3, -0.25) is 9.59 Å². The number of nitrogens with zero attached hydrogens (tertiary/aromatic N) is 1. The number of halogens is 1. The van der Waals surface area contributed by atoms with Crippen molar-refractivity contribution in [3.8, 4) is 0 Å². The molecule has 0 aliphatic carbocycles. The zero-order valence-corrected chi connectivity index (χ0v) is 15.6. The molecule has 0 bridgehead atoms. The first-order valence-electron chi connectivity index (χ1n) is 8.63. The maximum absolute atomic E-state index is 12.7. The van der Waals surface area contributed by atoms with Crippen molar-refractivity contribution in [2.75, 3.05) is 20.3 Å². The minimum atomic E-state index is -0.686. The van der Waals surface area contributed by atoms with Crippen LogP contribution in [0.5, 0.6) is 0 Å². The van der Waals surface area contributed by atoms with Crippen LogP contribution < -0.4 is 0 Å². The van der Waals surface area contributed by atoms with Gasteiger partial charge in [-0.2, -0.15) is 0 Å². The van der Waals surface area contributed by atoms with Crippen LogP contribution in [0.4, 0.5) is 0 Å². The molecule has 1 N–H and O–H groups in total. The van der Waals surface area contributed by atoms with E-state index in [1.165, 1.54) is 4.90 Å². The predicted octanol–water partition coefficient (Wildman–Crippen LogP) is 3.80. The molecule has 1 heterocycles. The molecule has 1 atom stereocenters. The summed E-state index contributed by atoms with van der Waals surface area (Å²) in [5, 5.41) is 11.4. The number of hydrogen-bond donors (Lipinski definition) is 1. The van der Waals surface area contributed by atoms with Gasteiger partial charge in [-0.15, -0.1) is 0 Å². The van der Waals surface area contributed by atoms with E-state index in [2.05, 4.69) is 0 Å². The molecule has 140 valence electrons. The third-order valence-electron chi connectivity index (χ3n) is 4.52. The van der Waals surface area contributed by atoms with E-state index in [-0.39, 0.29) is 11.3 Å². The largest absolute Gasteiger partial charge is 0.507 e. The number of amides is 1. The molecule has 6 heteroatoms. The average Bonchev–Trinajstić information content (AvgIpc) is 2.94. The summed E-state index contributed by atoms with van der Waals surface area (Å²) in [4.78, 5) is 26.9. The third-order valence-corrected chi connectivity index (χ3v) is 4.77. The summed E-state index contributed by atoms with van der Waals surface area (Å²) in [5.41, 5.74) is 1.30. The lowest BCUT2D eigenvalue weighted by Crippen LogP contribution is -2.31. The summed E-state index contributed by atoms with van der Waals surface area (Å²) in [7, 11) is 1.59. The van der Waals surface area contributed by atoms with Gasteiger partial charge in [-0.25, -0.2) is 0 Å². The van der Waals surface area contributed by atoms with E-state index < -0.39 is 17.7 Å². The molecular weight excluding hydrogens is 366 g/mol. The Balaban J connectivity index is 2.09. The Kier molecular flexibility index (Phi) is 5.94. The molecular formula is C21H20ClNO4. The third kappa shape index (κ3) is 3.89. The molecule has 0 radical (unpaired) electrons. The van der Waals surface area contributed by atoms with Gasteiger partial charge in [0.15, 0.2) is 0 Å². The number of hydrogen-bond acceptors (Lipinski definition) is 4. The van der Waals surface area contributed by atoms with E-state index in [1.807, 2.05) is 30.3 Å². The van der Waals surface area contributed by atoms with Gasteiger partial charge in [0.2, 0.25) is 0 Å². The fourth-order valence-corrected chi connectivity index (χ4v) is 3.36. The van der Waals surface area contributed by atoms with Gasteiger partial charge in [0.25, 0.3) is 11.7 Å². The van der Waals surface area contributed by atoms with Crippen LogP contribution in [0.2, 0.25) is 5.02 Å². The molecule has 5 nitrogen and oxygen atoms in total. The second-order valence-electron chi connectivity index (χ2n) is 6.26. The van der Waals surface area contributed by atoms with Crippen molar-refractivity contribution in [2.24, 2.45) is 0 Å². The summed E-state index contributed by atoms with van der Waals surface area (Å²) in [6.45, 7) is 0.830. The first-order chi connectivity index (χ1) is 13.0. The fraction of sp³-hybridized carbons (Fsp3) is 0.238. The standard InChI is InChI=1S/C21H20ClNO4/c1-27-13-5-12-23-18(14-6-3-2-4-7-14)17(20(25)21(23)26)19(24)15-8-10-16(22)11-9-15/h2-4,6-11,18,24H,5,12-13H2,1H3. The second-order valence-corrected chi connectivity index (χ2v) is 6.69. The second kappa shape index (κ2) is 8.37. The Morgan fingerprint density at radius 1 is 1.11 bits per heavy atom. The maximum Gasteiger partial charge on any atom is 0.295 e. The lowest BCUT2D eigenvalue weighted by molar-refractivity contribution is -0.140. The van der Waals surface area contributed by atoms with Crippen LogP contribution in [0.3, 0.4) is 0 Å². The lowest BCUT2D eigenvalue weighted by atomic mass is 9.95. The van der Waals surface area contributed by atoms with Crippen LogP contribution in [0.1, 0.15) is 23.6 Å². The summed E-state index contributed by atoms with van der Waals surface area (Å²) in [6.07, 6.45) is 0.591. The molecule has 1 aliphatic heterocycles. The highest BCUT2D eigenvalue weighted by molar-refractivity contribution is 6.46. The number of aliphatic hydroxyl groups excluding tert-OH is 1. The highest BCUT2D eigenvalue weighted by atomic mass is 35.5. The quantitative estimate of drug-likeness (QED) is 0.355. The van der Waals surface area contributed by atoms with Gasteiger partial charge >= 0.3 is 0 Å². The molecule has 2 aromatic carbocycles. The summed E-state index contributed by atoms with van der Waals surface area (Å²) in [6, 6.07) is 15.1. The van der Waals surface area contributed by atoms with Crippen molar-refractivity contribution in [2.45, 2.75) is 12.5 Å². The molecule has 1 fully saturated rings. The van der Waals surface area contributed by atoms with E-state index >= 15 is 0 Å². The molecule has 0 saturated carbocycles. The number of ether oxygens (including phenoxy) is 1. The Morgan fingerprint density at radius 3 is 2.41 bits per heavy atom. The highest BCUT2D eigenvalue weighted by Crippen LogP contribution is 2.39. The highest BCUT2D eigenvalue weighted by Gasteiger charge is 2.45. The number of rotatable bonds is 6. The van der Waals surface area contributed by atoms with Crippen molar-refractivity contribution >= 4 is 29.1 Å². The molecule has 1 saturated heterocycles. The van der Waals surface area contributed by atoms with Crippen molar-refractivity contribution in [3.05, 3.63) is 76.3 Å². The number of Topliss-reactive ketones (excluding diaryl/α,β-unsaturated/α-hetero) is 1. The summed E-state index contributed by atoms with van der Waals surface area (Å²) in [5.74, 6) is -1.50. The summed E-state index contributed by atoms with van der Waals surface area (Å²) >= 11 is 5.91. The van der Waals surface area contributed by atoms with Crippen LogP contribution in [0, 0.1) is 0 Å². The van der Waals surface area contributed by atoms with Gasteiger partial charge in [0.05, 0.1) is 11.6 Å². The zero-order chi connectivity index (χ0) is 19.4. The van der Waals surface area contributed by atoms with Crippen molar-refractivity contribution in [3.63, 3.8) is 0 Å². The van der Waals surface area contributed by atoms with Crippen molar-refractivity contribution in [1.82, 2.24) is 4.90 Å². The van der Waals surface area contributed by atoms with Crippen LogP contribution in [-0.4, -0.2) is 42.0 Å². The monoisotopic (exact) mass is 385 g/mol. The number of ketones is 1. The van der Waals surface area contributed by atoms with Crippen LogP contribution >= 0.6 is 11.6 Å². The van der Waals surface area contributed by atoms with Gasteiger partial charge in [-0.05, 0) is 36.2 Å². The minimum absolute atomic E-state index is 0.0888. The van der Waals surface area contributed by atoms with Gasteiger partial charge < -0.3 is 14.7 Å². The van der Waals surface area contributed by atoms with Crippen molar-refractivity contribution < 1.29 is 19.4 Å². The molecule has 27 heavy (non-hydrogen) atoms. The predicted molar refractivity (Wildman–Crippen MR) is 103 cm³/mol. The Morgan fingerprint density at radius 2 is 1.78 bits per heavy atom. The summed E-state index contributed by atoms with van der Waals surface area (Å²) < 4.78 is 5.06. The molecule has 1 unspecified atom stereocenters. The first-order valence-corrected chi connectivity index (χ1v) is 9.00. The topological polar surface area (TPSA) is 66.8 Å². The number of benzene rings is 2. The number of aliphatic hydroxyl groups is 1. The van der Waals surface area contributed by atoms with Crippen LogP contribution in [0.25, 0.3) is 5.76 Å². The van der Waals surface area contributed by atoms with E-state index in [9.17, 15) is 14.7 Å². The molecule has 0 spiro atoms. The molecule has 3 rings (SSSR count). The van der Waals surface area contributed by atoms with Crippen LogP contribution in [0.15, 0.2) is 60.2 Å². The average molecular weight is 386 g/mol. The van der Waals surface area contributed by atoms with E-state index in [4.69, 9.17) is 16.3 Å². The smallest absolute Gasteiger partial charge is 0.295 e. The maximum atomic E-state index is 12.7. The van der Waals surface area contributed by atoms with Crippen LogP contribution in [-0.2, 0) is 14.3 Å². The van der Waals surface area contributed by atoms with E-state index in [1.54, 1.807) is 31.4 Å². The Hall–Kier alpha value is -2.63. The van der Waals surface area contributed by atoms with E-state index in [0.29, 0.717) is 30.2 Å². The van der Waals surface area contributed by atoms with E-state index in [0.717, 1.165) is 5.56 Å². The number of carbonyl (C=O) groups is 2. The Labute approximate surface area is 162 Å². The molecule has 0 aromatic heterocycles. The van der Waals surface area contributed by atoms with Gasteiger partial charge in [-0.1, -0.05) is 41.9 Å². The SMILES string of the molecule is COCCCN1C(=O)C(=O)C(=C(O)c2ccc(Cl)cc2)C1c1ccccc1. The zero-order valence-electron chi connectivity index (χ0n) is 14.9. The van der Waals surface area contributed by atoms with Gasteiger partial charge in [0.1, 0.15) is 5.76 Å². The normalized spacial score (nSPS) is 18.9. The minimum Gasteiger partial charge on any atom is -0.507 e. The molecule has 1 aliphatic rings. The number of carbonyl (C=O) groups excluding carboxylic acids is 2. The van der Waals surface area contributed by atoms with Gasteiger partial charge in [0, 0.05) is 30.8 Å². The van der Waals surface area contributed by atoms with Crippen molar-refractivity contribution in [1.29, 1.82) is 0 Å². The Bertz CT molecular complexity index is 862. The number of methoxy groups -OCH3 is 1. The fourth-order valence-electron chi connectivity index (χ4n) is 3.24. The first kappa shape index (κ1) is 19.1. The molecule has 1 amide bonds. The lowest BCUT2D eigenvalue weighted by Gasteiger charge is -2.25. The number of likely N-dealkylation sites (tertiary alicyclic amines) is 1. The molecule has 2 aromatic rings.